The van der Waals surface area contributed by atoms with Crippen molar-refractivity contribution < 1.29 is 38.9 Å². The van der Waals surface area contributed by atoms with Crippen LogP contribution in [0.3, 0.4) is 0 Å². The van der Waals surface area contributed by atoms with E-state index in [0.717, 1.165) is 31.2 Å². The summed E-state index contributed by atoms with van der Waals surface area (Å²) >= 11 is 0. The van der Waals surface area contributed by atoms with E-state index in [1.165, 1.54) is 4.90 Å². The van der Waals surface area contributed by atoms with Crippen molar-refractivity contribution in [2.24, 2.45) is 0 Å². The molecule has 3 atom stereocenters. The number of hydrogen-bond acceptors (Lipinski definition) is 9. The van der Waals surface area contributed by atoms with Gasteiger partial charge in [0.05, 0.1) is 19.3 Å². The normalized spacial score (nSPS) is 16.9. The van der Waals surface area contributed by atoms with Crippen molar-refractivity contribution in [1.29, 1.82) is 0 Å². The third-order valence-corrected chi connectivity index (χ3v) is 6.36. The highest BCUT2D eigenvalue weighted by Crippen LogP contribution is 2.21. The number of carboxylic acids is 1. The topological polar surface area (TPSA) is 158 Å². The van der Waals surface area contributed by atoms with Gasteiger partial charge >= 0.3 is 11.9 Å². The monoisotopic (exact) mass is 537 g/mol. The van der Waals surface area contributed by atoms with Crippen molar-refractivity contribution >= 4 is 17.8 Å². The van der Waals surface area contributed by atoms with Gasteiger partial charge in [-0.05, 0) is 44.1 Å². The number of benzene rings is 1. The molecule has 12 nitrogen and oxygen atoms in total. The quantitative estimate of drug-likeness (QED) is 0.123. The van der Waals surface area contributed by atoms with E-state index in [-0.39, 0.29) is 32.3 Å². The molecule has 0 radical (unpaired) electrons. The fourth-order valence-corrected chi connectivity index (χ4v) is 4.37. The van der Waals surface area contributed by atoms with E-state index >= 15 is 0 Å². The molecule has 2 rings (SSSR count). The molecular formula is C26H39N3O9. The number of ether oxygens (including phenoxy) is 2. The van der Waals surface area contributed by atoms with Crippen LogP contribution in [0, 0.1) is 10.1 Å². The molecule has 1 aromatic carbocycles. The Hall–Kier alpha value is -3.25. The maximum Gasteiger partial charge on any atom is 0.328 e. The number of nitrogens with one attached hydrogen (secondary N) is 1. The molecule has 1 aliphatic heterocycles. The first-order chi connectivity index (χ1) is 18.3. The first-order valence-electron chi connectivity index (χ1n) is 13.2. The van der Waals surface area contributed by atoms with Crippen LogP contribution in [0.4, 0.5) is 0 Å². The van der Waals surface area contributed by atoms with Crippen LogP contribution in [-0.2, 0) is 35.1 Å². The molecule has 0 aliphatic carbocycles. The van der Waals surface area contributed by atoms with Crippen molar-refractivity contribution in [2.45, 2.75) is 76.4 Å². The van der Waals surface area contributed by atoms with Crippen molar-refractivity contribution in [3.63, 3.8) is 0 Å². The van der Waals surface area contributed by atoms with Gasteiger partial charge in [0, 0.05) is 6.54 Å². The number of carbonyl (C=O) groups is 3. The van der Waals surface area contributed by atoms with Crippen LogP contribution in [0.2, 0.25) is 0 Å². The van der Waals surface area contributed by atoms with Gasteiger partial charge in [-0.3, -0.25) is 14.9 Å². The second kappa shape index (κ2) is 17.3. The minimum atomic E-state index is -1.02. The van der Waals surface area contributed by atoms with Gasteiger partial charge in [-0.1, -0.05) is 50.1 Å². The highest BCUT2D eigenvalue weighted by Gasteiger charge is 2.37. The molecule has 0 aromatic heterocycles. The van der Waals surface area contributed by atoms with Gasteiger partial charge in [0.1, 0.15) is 25.3 Å². The van der Waals surface area contributed by atoms with Gasteiger partial charge in [0.2, 0.25) is 5.91 Å². The van der Waals surface area contributed by atoms with Gasteiger partial charge in [-0.15, -0.1) is 10.1 Å². The number of likely N-dealkylation sites (tertiary alicyclic amines) is 1. The lowest BCUT2D eigenvalue weighted by molar-refractivity contribution is -0.758. The lowest BCUT2D eigenvalue weighted by Gasteiger charge is -2.37. The van der Waals surface area contributed by atoms with Crippen LogP contribution in [0.15, 0.2) is 30.3 Å². The average Bonchev–Trinajstić information content (AvgIpc) is 2.91. The number of esters is 1. The standard InChI is InChI=1S/C26H39N3O9/c1-2-3-11-21(27-22(25(31)32)14-13-20-9-5-4-6-10-20)24(30)28-15-8-7-12-23(28)26(33)37-18-16-36-17-19-38-29(34)35/h4-6,9-10,21-23,27H,2-3,7-8,11-19H2,1H3,(H,31,32). The van der Waals surface area contributed by atoms with E-state index < -0.39 is 35.2 Å². The third-order valence-electron chi connectivity index (χ3n) is 6.36. The Morgan fingerprint density at radius 3 is 2.53 bits per heavy atom. The highest BCUT2D eigenvalue weighted by atomic mass is 17.0. The lowest BCUT2D eigenvalue weighted by Crippen LogP contribution is -2.57. The number of carboxylic acid groups (broad SMARTS) is 1. The number of hydrogen-bond donors (Lipinski definition) is 2. The minimum Gasteiger partial charge on any atom is -0.480 e. The molecule has 3 unspecified atom stereocenters. The number of amides is 1. The first kappa shape index (κ1) is 31.0. The molecule has 38 heavy (non-hydrogen) atoms. The molecule has 1 fully saturated rings. The molecule has 1 amide bonds. The second-order valence-electron chi connectivity index (χ2n) is 9.16. The van der Waals surface area contributed by atoms with Crippen LogP contribution >= 0.6 is 0 Å². The van der Waals surface area contributed by atoms with Crippen LogP contribution in [0.1, 0.15) is 57.4 Å². The Bertz CT molecular complexity index is 884. The van der Waals surface area contributed by atoms with E-state index in [2.05, 4.69) is 10.2 Å². The van der Waals surface area contributed by atoms with Crippen LogP contribution in [0.25, 0.3) is 0 Å². The van der Waals surface area contributed by atoms with E-state index in [4.69, 9.17) is 9.47 Å². The zero-order chi connectivity index (χ0) is 27.8. The molecule has 12 heteroatoms. The van der Waals surface area contributed by atoms with E-state index in [1.807, 2.05) is 37.3 Å². The van der Waals surface area contributed by atoms with Crippen molar-refractivity contribution in [3.8, 4) is 0 Å². The van der Waals surface area contributed by atoms with E-state index in [9.17, 15) is 29.6 Å². The number of piperidine rings is 1. The summed E-state index contributed by atoms with van der Waals surface area (Å²) in [4.78, 5) is 54.2. The second-order valence-corrected chi connectivity index (χ2v) is 9.16. The maximum absolute atomic E-state index is 13.6. The van der Waals surface area contributed by atoms with Crippen molar-refractivity contribution in [1.82, 2.24) is 10.2 Å². The number of unbranched alkanes of at least 4 members (excludes halogenated alkanes) is 1. The van der Waals surface area contributed by atoms with E-state index in [0.29, 0.717) is 32.2 Å². The summed E-state index contributed by atoms with van der Waals surface area (Å²) in [7, 11) is 0. The summed E-state index contributed by atoms with van der Waals surface area (Å²) in [6.07, 6.45) is 4.87. The molecule has 1 heterocycles. The molecule has 212 valence electrons. The summed E-state index contributed by atoms with van der Waals surface area (Å²) < 4.78 is 10.5. The van der Waals surface area contributed by atoms with Crippen molar-refractivity contribution in [3.05, 3.63) is 46.0 Å². The SMILES string of the molecule is CCCCC(NC(CCc1ccccc1)C(=O)O)C(=O)N1CCCCC1C(=O)OCCOCCO[N+](=O)[O-]. The summed E-state index contributed by atoms with van der Waals surface area (Å²) in [6.45, 7) is 2.12. The zero-order valence-corrected chi connectivity index (χ0v) is 21.9. The number of nitrogens with zero attached hydrogens (tertiary/aromatic N) is 2. The Morgan fingerprint density at radius 1 is 1.11 bits per heavy atom. The highest BCUT2D eigenvalue weighted by molar-refractivity contribution is 5.88. The largest absolute Gasteiger partial charge is 0.480 e. The Kier molecular flexibility index (Phi) is 14.1. The maximum atomic E-state index is 13.6. The summed E-state index contributed by atoms with van der Waals surface area (Å²) in [5, 5.41) is 22.1. The third kappa shape index (κ3) is 11.0. The summed E-state index contributed by atoms with van der Waals surface area (Å²) in [5.41, 5.74) is 1.02. The number of aryl methyl sites for hydroxylation is 1. The number of carbonyl (C=O) groups excluding carboxylic acids is 2. The fourth-order valence-electron chi connectivity index (χ4n) is 4.37. The number of aliphatic carboxylic acids is 1. The molecule has 1 saturated heterocycles. The van der Waals surface area contributed by atoms with Gasteiger partial charge in [0.25, 0.3) is 5.09 Å². The molecule has 0 bridgehead atoms. The average molecular weight is 538 g/mol. The predicted octanol–water partition coefficient (Wildman–Crippen LogP) is 2.37. The van der Waals surface area contributed by atoms with Crippen LogP contribution in [-0.4, -0.2) is 84.0 Å². The summed E-state index contributed by atoms with van der Waals surface area (Å²) in [5.74, 6) is -1.86. The van der Waals surface area contributed by atoms with Crippen LogP contribution in [0.5, 0.6) is 0 Å². The first-order valence-corrected chi connectivity index (χ1v) is 13.2. The smallest absolute Gasteiger partial charge is 0.328 e. The number of rotatable bonds is 18. The molecule has 1 aliphatic rings. The van der Waals surface area contributed by atoms with Gasteiger partial charge in [0.15, 0.2) is 0 Å². The molecule has 0 saturated carbocycles. The van der Waals surface area contributed by atoms with Gasteiger partial charge < -0.3 is 24.3 Å². The Labute approximate surface area is 222 Å². The van der Waals surface area contributed by atoms with Crippen molar-refractivity contribution in [2.75, 3.05) is 33.0 Å². The minimum absolute atomic E-state index is 0.0215. The summed E-state index contributed by atoms with van der Waals surface area (Å²) in [6, 6.07) is 7.18. The fraction of sp³-hybridized carbons (Fsp3) is 0.654. The van der Waals surface area contributed by atoms with Gasteiger partial charge in [-0.2, -0.15) is 0 Å². The molecule has 2 N–H and O–H groups in total. The lowest BCUT2D eigenvalue weighted by atomic mass is 9.98. The zero-order valence-electron chi connectivity index (χ0n) is 21.9. The van der Waals surface area contributed by atoms with Gasteiger partial charge in [-0.25, -0.2) is 4.79 Å². The molecular weight excluding hydrogens is 498 g/mol. The predicted molar refractivity (Wildman–Crippen MR) is 137 cm³/mol. The Balaban J connectivity index is 1.97. The van der Waals surface area contributed by atoms with Crippen LogP contribution < -0.4 is 5.32 Å². The molecule has 1 aromatic rings. The van der Waals surface area contributed by atoms with E-state index in [1.54, 1.807) is 0 Å². The molecule has 0 spiro atoms. The Morgan fingerprint density at radius 2 is 1.84 bits per heavy atom.